The summed E-state index contributed by atoms with van der Waals surface area (Å²) in [5.74, 6) is 0.638. The Labute approximate surface area is 107 Å². The molecule has 2 N–H and O–H groups in total. The van der Waals surface area contributed by atoms with Gasteiger partial charge < -0.3 is 5.32 Å². The van der Waals surface area contributed by atoms with Gasteiger partial charge in [-0.15, -0.1) is 5.10 Å². The maximum atomic E-state index is 11.9. The third-order valence-electron chi connectivity index (χ3n) is 2.51. The lowest BCUT2D eigenvalue weighted by Crippen LogP contribution is -2.24. The lowest BCUT2D eigenvalue weighted by Gasteiger charge is -1.97. The van der Waals surface area contributed by atoms with Crippen LogP contribution in [0.5, 0.6) is 0 Å². The molecule has 0 spiro atoms. The fourth-order valence-corrected chi connectivity index (χ4v) is 1.56. The Morgan fingerprint density at radius 2 is 2.37 bits per heavy atom. The van der Waals surface area contributed by atoms with Crippen molar-refractivity contribution in [3.63, 3.8) is 0 Å². The van der Waals surface area contributed by atoms with Gasteiger partial charge in [0.2, 0.25) is 5.82 Å². The number of hydrogen-bond acceptors (Lipinski definition) is 6. The molecule has 0 radical (unpaired) electrons. The van der Waals surface area contributed by atoms with Gasteiger partial charge in [0.15, 0.2) is 0 Å². The maximum Gasteiger partial charge on any atom is 0.291 e. The zero-order valence-corrected chi connectivity index (χ0v) is 10.0. The Morgan fingerprint density at radius 1 is 1.47 bits per heavy atom. The highest BCUT2D eigenvalue weighted by atomic mass is 16.2. The summed E-state index contributed by atoms with van der Waals surface area (Å²) in [4.78, 5) is 23.9. The summed E-state index contributed by atoms with van der Waals surface area (Å²) in [6, 6.07) is 1.79. The van der Waals surface area contributed by atoms with Crippen molar-refractivity contribution in [1.82, 2.24) is 40.1 Å². The van der Waals surface area contributed by atoms with Crippen molar-refractivity contribution in [2.24, 2.45) is 0 Å². The molecule has 0 bridgehead atoms. The number of aromatic nitrogens is 7. The molecule has 1 amide bonds. The summed E-state index contributed by atoms with van der Waals surface area (Å²) in [6.45, 7) is 2.10. The summed E-state index contributed by atoms with van der Waals surface area (Å²) in [7, 11) is 0. The normalized spacial score (nSPS) is 10.8. The molecule has 96 valence electrons. The largest absolute Gasteiger partial charge is 0.342 e. The van der Waals surface area contributed by atoms with Crippen LogP contribution < -0.4 is 5.32 Å². The van der Waals surface area contributed by atoms with Crippen LogP contribution in [-0.4, -0.2) is 40.7 Å². The van der Waals surface area contributed by atoms with E-state index in [9.17, 15) is 4.79 Å². The zero-order chi connectivity index (χ0) is 13.2. The number of H-pyrrole nitrogens is 1. The zero-order valence-electron chi connectivity index (χ0n) is 10.0. The van der Waals surface area contributed by atoms with Crippen LogP contribution >= 0.6 is 0 Å². The van der Waals surface area contributed by atoms with E-state index in [0.717, 1.165) is 5.69 Å². The Balaban J connectivity index is 1.80. The van der Waals surface area contributed by atoms with E-state index in [-0.39, 0.29) is 18.3 Å². The number of aryl methyl sites for hydroxylation is 1. The monoisotopic (exact) mass is 258 g/mol. The summed E-state index contributed by atoms with van der Waals surface area (Å²) in [5, 5.41) is 13.1. The van der Waals surface area contributed by atoms with Crippen LogP contribution in [0.25, 0.3) is 5.78 Å². The number of nitrogens with one attached hydrogen (secondary N) is 2. The maximum absolute atomic E-state index is 11.9. The molecule has 0 aromatic carbocycles. The molecule has 0 aliphatic heterocycles. The van der Waals surface area contributed by atoms with Gasteiger partial charge in [-0.05, 0) is 13.0 Å². The van der Waals surface area contributed by atoms with Crippen molar-refractivity contribution >= 4 is 11.7 Å². The summed E-state index contributed by atoms with van der Waals surface area (Å²) < 4.78 is 1.52. The first-order valence-electron chi connectivity index (χ1n) is 5.55. The smallest absolute Gasteiger partial charge is 0.291 e. The molecule has 0 aliphatic rings. The number of aromatic amines is 1. The lowest BCUT2D eigenvalue weighted by atomic mass is 10.5. The predicted octanol–water partition coefficient (Wildman–Crippen LogP) is -0.519. The number of hydrogen-bond donors (Lipinski definition) is 2. The van der Waals surface area contributed by atoms with Crippen molar-refractivity contribution in [2.75, 3.05) is 0 Å². The molecule has 3 aromatic rings. The van der Waals surface area contributed by atoms with Crippen LogP contribution in [0.1, 0.15) is 22.1 Å². The number of carbonyl (C=O) groups excluding carboxylic acids is 1. The molecule has 0 fully saturated rings. The van der Waals surface area contributed by atoms with Crippen LogP contribution in [0, 0.1) is 6.92 Å². The number of rotatable bonds is 3. The molecular weight excluding hydrogens is 248 g/mol. The van der Waals surface area contributed by atoms with Gasteiger partial charge in [0.1, 0.15) is 12.2 Å². The highest BCUT2D eigenvalue weighted by Gasteiger charge is 2.14. The number of fused-ring (bicyclic) bond motifs is 1. The Morgan fingerprint density at radius 3 is 3.11 bits per heavy atom. The van der Waals surface area contributed by atoms with E-state index in [1.807, 2.05) is 6.92 Å². The summed E-state index contributed by atoms with van der Waals surface area (Å²) in [6.07, 6.45) is 2.99. The minimum atomic E-state index is -0.388. The van der Waals surface area contributed by atoms with Gasteiger partial charge >= 0.3 is 0 Å². The average molecular weight is 258 g/mol. The van der Waals surface area contributed by atoms with Crippen molar-refractivity contribution < 1.29 is 4.79 Å². The molecule has 3 aromatic heterocycles. The molecule has 3 heterocycles. The van der Waals surface area contributed by atoms with Crippen LogP contribution in [0.4, 0.5) is 0 Å². The summed E-state index contributed by atoms with van der Waals surface area (Å²) >= 11 is 0. The first-order valence-corrected chi connectivity index (χ1v) is 5.55. The second-order valence-corrected chi connectivity index (χ2v) is 3.85. The minimum absolute atomic E-state index is 0.0707. The summed E-state index contributed by atoms with van der Waals surface area (Å²) in [5.41, 5.74) is 0.854. The first-order chi connectivity index (χ1) is 9.24. The lowest BCUT2D eigenvalue weighted by molar-refractivity contribution is 0.0939. The van der Waals surface area contributed by atoms with Gasteiger partial charge in [-0.3, -0.25) is 9.89 Å². The number of carbonyl (C=O) groups is 1. The molecule has 19 heavy (non-hydrogen) atoms. The third kappa shape index (κ3) is 2.12. The van der Waals surface area contributed by atoms with Crippen molar-refractivity contribution in [1.29, 1.82) is 0 Å². The van der Waals surface area contributed by atoms with E-state index in [2.05, 4.69) is 35.6 Å². The van der Waals surface area contributed by atoms with Gasteiger partial charge in [0.05, 0.1) is 6.54 Å². The van der Waals surface area contributed by atoms with E-state index < -0.39 is 0 Å². The molecule has 3 rings (SSSR count). The Kier molecular flexibility index (Phi) is 2.63. The molecule has 0 unspecified atom stereocenters. The predicted molar refractivity (Wildman–Crippen MR) is 63.1 cm³/mol. The average Bonchev–Trinajstić information content (AvgIpc) is 3.05. The van der Waals surface area contributed by atoms with Crippen LogP contribution in [0.15, 0.2) is 18.6 Å². The molecule has 0 saturated carbocycles. The highest BCUT2D eigenvalue weighted by molar-refractivity contribution is 5.90. The van der Waals surface area contributed by atoms with E-state index in [1.54, 1.807) is 12.3 Å². The number of nitrogens with zero attached hydrogens (tertiary/aromatic N) is 6. The molecule has 0 aliphatic carbocycles. The van der Waals surface area contributed by atoms with E-state index in [0.29, 0.717) is 11.6 Å². The molecule has 9 nitrogen and oxygen atoms in total. The second-order valence-electron chi connectivity index (χ2n) is 3.85. The van der Waals surface area contributed by atoms with Crippen LogP contribution in [-0.2, 0) is 6.54 Å². The van der Waals surface area contributed by atoms with Crippen LogP contribution in [0.3, 0.4) is 0 Å². The van der Waals surface area contributed by atoms with Gasteiger partial charge in [0, 0.05) is 11.9 Å². The van der Waals surface area contributed by atoms with Gasteiger partial charge in [-0.2, -0.15) is 10.1 Å². The fraction of sp³-hybridized carbons (Fsp3) is 0.200. The number of amides is 1. The van der Waals surface area contributed by atoms with Gasteiger partial charge in [-0.1, -0.05) is 0 Å². The van der Waals surface area contributed by atoms with Crippen LogP contribution in [0.2, 0.25) is 0 Å². The van der Waals surface area contributed by atoms with Crippen molar-refractivity contribution in [3.05, 3.63) is 35.9 Å². The highest BCUT2D eigenvalue weighted by Crippen LogP contribution is 2.01. The van der Waals surface area contributed by atoms with E-state index >= 15 is 0 Å². The molecule has 9 heteroatoms. The Bertz CT molecular complexity index is 716. The molecule has 0 saturated heterocycles. The minimum Gasteiger partial charge on any atom is -0.342 e. The van der Waals surface area contributed by atoms with E-state index in [4.69, 9.17) is 0 Å². The van der Waals surface area contributed by atoms with E-state index in [1.165, 1.54) is 10.8 Å². The van der Waals surface area contributed by atoms with Crippen molar-refractivity contribution in [2.45, 2.75) is 13.5 Å². The van der Waals surface area contributed by atoms with Crippen molar-refractivity contribution in [3.8, 4) is 0 Å². The SMILES string of the molecule is Cc1ccnc2nc(C(=O)NCc3ncn[nH]3)nn12. The molecule has 0 atom stereocenters. The first kappa shape index (κ1) is 11.3. The fourth-order valence-electron chi connectivity index (χ4n) is 1.56. The molecular formula is C10H10N8O. The third-order valence-corrected chi connectivity index (χ3v) is 2.51. The van der Waals surface area contributed by atoms with Gasteiger partial charge in [0.25, 0.3) is 11.7 Å². The standard InChI is InChI=1S/C10H10N8O/c1-6-2-3-11-10-15-8(17-18(6)10)9(19)12-4-7-13-5-14-16-7/h2-3,5H,4H2,1H3,(H,12,19)(H,13,14,16). The quantitative estimate of drug-likeness (QED) is 0.653. The second kappa shape index (κ2) is 4.44. The Hall–Kier alpha value is -2.84. The topological polar surface area (TPSA) is 114 Å². The van der Waals surface area contributed by atoms with Gasteiger partial charge in [-0.25, -0.2) is 14.5 Å².